The van der Waals surface area contributed by atoms with Crippen LogP contribution in [-0.4, -0.2) is 19.9 Å². The maximum absolute atomic E-state index is 5.37. The largest absolute Gasteiger partial charge is 0.256 e. The number of nitrogens with zero attached hydrogens (tertiary/aromatic N) is 4. The number of aromatic nitrogens is 4. The van der Waals surface area contributed by atoms with Crippen LogP contribution in [0.25, 0.3) is 99.3 Å². The Kier molecular flexibility index (Phi) is 6.46. The highest BCUT2D eigenvalue weighted by Crippen LogP contribution is 2.42. The van der Waals surface area contributed by atoms with Gasteiger partial charge in [0.15, 0.2) is 5.82 Å². The Morgan fingerprint density at radius 1 is 0.360 bits per heavy atom. The summed E-state index contributed by atoms with van der Waals surface area (Å²) in [6.07, 6.45) is 1.97. The molecule has 50 heavy (non-hydrogen) atoms. The first-order valence-electron chi connectivity index (χ1n) is 16.8. The van der Waals surface area contributed by atoms with E-state index in [0.717, 1.165) is 82.7 Å². The van der Waals surface area contributed by atoms with Gasteiger partial charge in [-0.05, 0) is 46.5 Å². The van der Waals surface area contributed by atoms with Crippen molar-refractivity contribution >= 4 is 54.1 Å². The number of para-hydroxylation sites is 1. The van der Waals surface area contributed by atoms with Crippen molar-refractivity contribution in [3.63, 3.8) is 0 Å². The van der Waals surface area contributed by atoms with Crippen molar-refractivity contribution in [3.8, 4) is 45.2 Å². The summed E-state index contributed by atoms with van der Waals surface area (Å²) in [6, 6.07) is 56.9. The summed E-state index contributed by atoms with van der Waals surface area (Å²) >= 11 is 0. The fourth-order valence-electron chi connectivity index (χ4n) is 7.38. The quantitative estimate of drug-likeness (QED) is 0.180. The predicted octanol–water partition coefficient (Wildman–Crippen LogP) is 11.7. The number of hydrogen-bond acceptors (Lipinski definition) is 4. The van der Waals surface area contributed by atoms with E-state index in [0.29, 0.717) is 5.82 Å². The fourth-order valence-corrected chi connectivity index (χ4v) is 7.38. The maximum Gasteiger partial charge on any atom is 0.161 e. The molecule has 7 aromatic carbocycles. The molecule has 0 aliphatic heterocycles. The zero-order chi connectivity index (χ0) is 33.0. The minimum absolute atomic E-state index is 0.688. The van der Waals surface area contributed by atoms with Gasteiger partial charge in [-0.25, -0.2) is 15.0 Å². The Morgan fingerprint density at radius 2 is 0.940 bits per heavy atom. The molecular formula is C46H28N4. The zero-order valence-corrected chi connectivity index (χ0v) is 27.0. The lowest BCUT2D eigenvalue weighted by Crippen LogP contribution is -1.97. The van der Waals surface area contributed by atoms with Gasteiger partial charge in [0.1, 0.15) is 0 Å². The second-order valence-corrected chi connectivity index (χ2v) is 12.6. The molecule has 0 N–H and O–H groups in total. The minimum Gasteiger partial charge on any atom is -0.256 e. The highest BCUT2D eigenvalue weighted by atomic mass is 14.9. The third-order valence-electron chi connectivity index (χ3n) is 9.70. The number of fused-ring (bicyclic) bond motifs is 8. The lowest BCUT2D eigenvalue weighted by atomic mass is 9.91. The van der Waals surface area contributed by atoms with Crippen LogP contribution in [0.4, 0.5) is 0 Å². The van der Waals surface area contributed by atoms with Gasteiger partial charge in [0.25, 0.3) is 0 Å². The molecule has 0 atom stereocenters. The summed E-state index contributed by atoms with van der Waals surface area (Å²) < 4.78 is 0. The van der Waals surface area contributed by atoms with Gasteiger partial charge in [0, 0.05) is 55.4 Å². The van der Waals surface area contributed by atoms with Crippen LogP contribution in [-0.2, 0) is 0 Å². The van der Waals surface area contributed by atoms with E-state index >= 15 is 0 Å². The molecule has 10 rings (SSSR count). The average Bonchev–Trinajstić information content (AvgIpc) is 3.20. The SMILES string of the molecule is c1ccc(-c2cc(-c3ccccc3)nc(-c3ccc(-c4nc5ccccc5c5c4ccc4ncc6ccccc6c45)c4ccccc34)n2)cc1. The van der Waals surface area contributed by atoms with Gasteiger partial charge in [-0.15, -0.1) is 0 Å². The Bertz CT molecular complexity index is 2860. The van der Waals surface area contributed by atoms with E-state index in [4.69, 9.17) is 19.9 Å². The molecule has 0 spiro atoms. The first-order valence-corrected chi connectivity index (χ1v) is 16.8. The van der Waals surface area contributed by atoms with E-state index in [1.807, 2.05) is 42.6 Å². The molecule has 3 aromatic heterocycles. The van der Waals surface area contributed by atoms with Crippen molar-refractivity contribution in [1.29, 1.82) is 0 Å². The van der Waals surface area contributed by atoms with Gasteiger partial charge in [0.05, 0.1) is 28.1 Å². The Balaban J connectivity index is 1.26. The van der Waals surface area contributed by atoms with Crippen molar-refractivity contribution in [2.75, 3.05) is 0 Å². The van der Waals surface area contributed by atoms with Crippen molar-refractivity contribution in [3.05, 3.63) is 170 Å². The lowest BCUT2D eigenvalue weighted by molar-refractivity contribution is 1.19. The first kappa shape index (κ1) is 28.3. The number of rotatable bonds is 4. The Morgan fingerprint density at radius 3 is 1.66 bits per heavy atom. The van der Waals surface area contributed by atoms with Crippen LogP contribution in [0.3, 0.4) is 0 Å². The zero-order valence-electron chi connectivity index (χ0n) is 27.0. The average molecular weight is 637 g/mol. The Labute approximate surface area is 288 Å². The molecule has 0 saturated heterocycles. The van der Waals surface area contributed by atoms with Crippen LogP contribution in [0.5, 0.6) is 0 Å². The lowest BCUT2D eigenvalue weighted by Gasteiger charge is -2.16. The molecule has 4 nitrogen and oxygen atoms in total. The van der Waals surface area contributed by atoms with Crippen molar-refractivity contribution < 1.29 is 0 Å². The second-order valence-electron chi connectivity index (χ2n) is 12.6. The molecule has 4 heteroatoms. The van der Waals surface area contributed by atoms with E-state index in [9.17, 15) is 0 Å². The summed E-state index contributed by atoms with van der Waals surface area (Å²) in [6.45, 7) is 0. The molecule has 0 amide bonds. The predicted molar refractivity (Wildman–Crippen MR) is 207 cm³/mol. The van der Waals surface area contributed by atoms with Crippen LogP contribution < -0.4 is 0 Å². The van der Waals surface area contributed by atoms with Crippen LogP contribution in [0.15, 0.2) is 170 Å². The summed E-state index contributed by atoms with van der Waals surface area (Å²) in [5.74, 6) is 0.688. The highest BCUT2D eigenvalue weighted by molar-refractivity contribution is 6.28. The van der Waals surface area contributed by atoms with Crippen LogP contribution in [0.1, 0.15) is 0 Å². The smallest absolute Gasteiger partial charge is 0.161 e. The van der Waals surface area contributed by atoms with E-state index in [2.05, 4.69) is 127 Å². The maximum atomic E-state index is 5.37. The molecule has 0 radical (unpaired) electrons. The third kappa shape index (κ3) is 4.54. The molecule has 0 saturated carbocycles. The normalized spacial score (nSPS) is 11.6. The number of hydrogen-bond donors (Lipinski definition) is 0. The highest BCUT2D eigenvalue weighted by Gasteiger charge is 2.19. The monoisotopic (exact) mass is 636 g/mol. The second kappa shape index (κ2) is 11.4. The molecule has 0 aliphatic carbocycles. The molecule has 0 aliphatic rings. The first-order chi connectivity index (χ1) is 24.8. The van der Waals surface area contributed by atoms with E-state index in [1.165, 1.54) is 10.8 Å². The molecule has 0 unspecified atom stereocenters. The van der Waals surface area contributed by atoms with Crippen LogP contribution in [0, 0.1) is 0 Å². The molecule has 3 heterocycles. The van der Waals surface area contributed by atoms with Crippen molar-refractivity contribution in [2.24, 2.45) is 0 Å². The summed E-state index contributed by atoms with van der Waals surface area (Å²) in [7, 11) is 0. The number of pyridine rings is 2. The molecular weight excluding hydrogens is 609 g/mol. The van der Waals surface area contributed by atoms with Crippen molar-refractivity contribution in [1.82, 2.24) is 19.9 Å². The molecule has 0 bridgehead atoms. The molecule has 232 valence electrons. The number of benzene rings is 7. The van der Waals surface area contributed by atoms with E-state index < -0.39 is 0 Å². The molecule has 0 fully saturated rings. The van der Waals surface area contributed by atoms with E-state index in [1.54, 1.807) is 0 Å². The topological polar surface area (TPSA) is 51.6 Å². The standard InChI is InChI=1S/C46H28N4/c1-3-13-29(14-4-1)41-27-42(30-15-5-2-6-16-30)50-46(49-41)36-24-23-35(33-19-9-10-20-34(33)36)45-38-25-26-40-44(32-18-8-7-17-31(32)28-47-40)43(38)37-21-11-12-22-39(37)48-45/h1-28H. The van der Waals surface area contributed by atoms with Gasteiger partial charge < -0.3 is 0 Å². The Hall–Kier alpha value is -6.78. The van der Waals surface area contributed by atoms with Gasteiger partial charge in [-0.1, -0.05) is 133 Å². The fraction of sp³-hybridized carbons (Fsp3) is 0. The molecule has 10 aromatic rings. The summed E-state index contributed by atoms with van der Waals surface area (Å²) in [5.41, 5.74) is 8.79. The van der Waals surface area contributed by atoms with Crippen LogP contribution in [0.2, 0.25) is 0 Å². The van der Waals surface area contributed by atoms with Gasteiger partial charge >= 0.3 is 0 Å². The minimum atomic E-state index is 0.688. The van der Waals surface area contributed by atoms with E-state index in [-0.39, 0.29) is 0 Å². The van der Waals surface area contributed by atoms with Gasteiger partial charge in [0.2, 0.25) is 0 Å². The summed E-state index contributed by atoms with van der Waals surface area (Å²) in [5, 5.41) is 9.03. The van der Waals surface area contributed by atoms with Crippen molar-refractivity contribution in [2.45, 2.75) is 0 Å². The van der Waals surface area contributed by atoms with Crippen LogP contribution >= 0.6 is 0 Å². The van der Waals surface area contributed by atoms with Gasteiger partial charge in [-0.3, -0.25) is 4.98 Å². The summed E-state index contributed by atoms with van der Waals surface area (Å²) in [4.78, 5) is 20.6. The van der Waals surface area contributed by atoms with Gasteiger partial charge in [-0.2, -0.15) is 0 Å². The third-order valence-corrected chi connectivity index (χ3v) is 9.70.